The van der Waals surface area contributed by atoms with Crippen LogP contribution in [0.3, 0.4) is 0 Å². The predicted octanol–water partition coefficient (Wildman–Crippen LogP) is 1.35. The van der Waals surface area contributed by atoms with Crippen molar-refractivity contribution >= 4 is 5.91 Å². The molecule has 1 unspecified atom stereocenters. The number of rotatable bonds is 4. The lowest BCUT2D eigenvalue weighted by Crippen LogP contribution is -2.38. The van der Waals surface area contributed by atoms with Crippen LogP contribution >= 0.6 is 0 Å². The highest BCUT2D eigenvalue weighted by molar-refractivity contribution is 5.76. The molecule has 15 heavy (non-hydrogen) atoms. The smallest absolute Gasteiger partial charge is 0.240 e. The Morgan fingerprint density at radius 1 is 1.53 bits per heavy atom. The zero-order valence-corrected chi connectivity index (χ0v) is 9.82. The second-order valence-electron chi connectivity index (χ2n) is 4.20. The number of carbonyl (C=O) groups is 1. The largest absolute Gasteiger partial charge is 0.352 e. The van der Waals surface area contributed by atoms with Gasteiger partial charge in [-0.05, 0) is 19.8 Å². The monoisotopic (exact) mass is 209 g/mol. The summed E-state index contributed by atoms with van der Waals surface area (Å²) in [4.78, 5) is 15.7. The van der Waals surface area contributed by atoms with E-state index < -0.39 is 0 Å². The van der Waals surface area contributed by atoms with E-state index in [0.717, 1.165) is 5.82 Å². The van der Waals surface area contributed by atoms with Gasteiger partial charge in [-0.3, -0.25) is 4.79 Å². The Morgan fingerprint density at radius 2 is 2.20 bits per heavy atom. The fourth-order valence-electron chi connectivity index (χ4n) is 1.19. The average molecular weight is 209 g/mol. The Kier molecular flexibility index (Phi) is 3.88. The predicted molar refractivity (Wildman–Crippen MR) is 59.4 cm³/mol. The van der Waals surface area contributed by atoms with Crippen LogP contribution < -0.4 is 5.32 Å². The summed E-state index contributed by atoms with van der Waals surface area (Å²) in [6.07, 6.45) is 3.52. The molecule has 4 heteroatoms. The fraction of sp³-hybridized carbons (Fsp3) is 0.636. The molecular formula is C11H19N3O. The highest BCUT2D eigenvalue weighted by Crippen LogP contribution is 2.00. The van der Waals surface area contributed by atoms with Gasteiger partial charge in [0.25, 0.3) is 0 Å². The summed E-state index contributed by atoms with van der Waals surface area (Å²) in [7, 11) is 0. The molecule has 0 aliphatic heterocycles. The topological polar surface area (TPSA) is 46.9 Å². The van der Waals surface area contributed by atoms with Gasteiger partial charge < -0.3 is 9.88 Å². The maximum Gasteiger partial charge on any atom is 0.240 e. The molecule has 4 nitrogen and oxygen atoms in total. The van der Waals surface area contributed by atoms with E-state index in [1.165, 1.54) is 0 Å². The second-order valence-corrected chi connectivity index (χ2v) is 4.20. The van der Waals surface area contributed by atoms with E-state index in [1.807, 2.05) is 24.6 Å². The van der Waals surface area contributed by atoms with E-state index in [-0.39, 0.29) is 11.9 Å². The van der Waals surface area contributed by atoms with E-state index in [0.29, 0.717) is 12.5 Å². The van der Waals surface area contributed by atoms with Gasteiger partial charge in [0.05, 0.1) is 0 Å². The van der Waals surface area contributed by atoms with Crippen molar-refractivity contribution in [2.24, 2.45) is 5.92 Å². The number of aryl methyl sites for hydroxylation is 1. The molecule has 0 spiro atoms. The summed E-state index contributed by atoms with van der Waals surface area (Å²) in [5.41, 5.74) is 0. The lowest BCUT2D eigenvalue weighted by Gasteiger charge is -2.17. The molecule has 84 valence electrons. The first-order valence-corrected chi connectivity index (χ1v) is 5.27. The molecule has 1 N–H and O–H groups in total. The number of amides is 1. The fourth-order valence-corrected chi connectivity index (χ4v) is 1.19. The van der Waals surface area contributed by atoms with Gasteiger partial charge in [0.2, 0.25) is 5.91 Å². The lowest BCUT2D eigenvalue weighted by atomic mass is 10.1. The highest BCUT2D eigenvalue weighted by Gasteiger charge is 2.11. The Balaban J connectivity index is 2.47. The molecule has 1 amide bonds. The van der Waals surface area contributed by atoms with E-state index in [4.69, 9.17) is 0 Å². The molecule has 1 heterocycles. The standard InChI is InChI=1S/C11H19N3O/c1-8(2)9(3)13-11(15)7-14-6-5-12-10(14)4/h5-6,8-9H,7H2,1-4H3,(H,13,15). The Hall–Kier alpha value is -1.32. The minimum atomic E-state index is 0.0392. The van der Waals surface area contributed by atoms with Gasteiger partial charge in [0, 0.05) is 18.4 Å². The Bertz CT molecular complexity index is 330. The molecule has 0 aromatic carbocycles. The van der Waals surface area contributed by atoms with Crippen LogP contribution in [0.4, 0.5) is 0 Å². The third-order valence-electron chi connectivity index (χ3n) is 2.63. The Labute approximate surface area is 90.7 Å². The number of hydrogen-bond acceptors (Lipinski definition) is 2. The summed E-state index contributed by atoms with van der Waals surface area (Å²) in [6.45, 7) is 8.44. The number of aromatic nitrogens is 2. The third kappa shape index (κ3) is 3.38. The lowest BCUT2D eigenvalue weighted by molar-refractivity contribution is -0.122. The van der Waals surface area contributed by atoms with Crippen molar-refractivity contribution in [1.29, 1.82) is 0 Å². The first-order valence-electron chi connectivity index (χ1n) is 5.27. The van der Waals surface area contributed by atoms with Crippen LogP contribution in [0.2, 0.25) is 0 Å². The van der Waals surface area contributed by atoms with Gasteiger partial charge in [-0.1, -0.05) is 13.8 Å². The van der Waals surface area contributed by atoms with Gasteiger partial charge in [-0.15, -0.1) is 0 Å². The van der Waals surface area contributed by atoms with Gasteiger partial charge in [-0.25, -0.2) is 4.98 Å². The number of carbonyl (C=O) groups excluding carboxylic acids is 1. The van der Waals surface area contributed by atoms with Gasteiger partial charge >= 0.3 is 0 Å². The van der Waals surface area contributed by atoms with Crippen molar-refractivity contribution in [3.05, 3.63) is 18.2 Å². The van der Waals surface area contributed by atoms with E-state index in [1.54, 1.807) is 6.20 Å². The maximum absolute atomic E-state index is 11.6. The highest BCUT2D eigenvalue weighted by atomic mass is 16.2. The normalized spacial score (nSPS) is 12.9. The van der Waals surface area contributed by atoms with Crippen molar-refractivity contribution in [2.45, 2.75) is 40.3 Å². The molecule has 0 saturated heterocycles. The SMILES string of the molecule is Cc1nccn1CC(=O)NC(C)C(C)C. The average Bonchev–Trinajstić information content (AvgIpc) is 2.51. The van der Waals surface area contributed by atoms with Gasteiger partial charge in [-0.2, -0.15) is 0 Å². The molecule has 0 radical (unpaired) electrons. The van der Waals surface area contributed by atoms with Gasteiger partial charge in [0.1, 0.15) is 12.4 Å². The number of nitrogens with zero attached hydrogens (tertiary/aromatic N) is 2. The van der Waals surface area contributed by atoms with E-state index in [9.17, 15) is 4.79 Å². The molecule has 0 aliphatic rings. The van der Waals surface area contributed by atoms with Crippen LogP contribution in [-0.2, 0) is 11.3 Å². The third-order valence-corrected chi connectivity index (χ3v) is 2.63. The van der Waals surface area contributed by atoms with Crippen LogP contribution in [0.5, 0.6) is 0 Å². The quantitative estimate of drug-likeness (QED) is 0.813. The summed E-state index contributed by atoms with van der Waals surface area (Å²) in [5, 5.41) is 2.96. The minimum Gasteiger partial charge on any atom is -0.352 e. The first-order chi connectivity index (χ1) is 7.00. The molecule has 0 bridgehead atoms. The molecule has 1 atom stereocenters. The van der Waals surface area contributed by atoms with Crippen molar-refractivity contribution in [3.63, 3.8) is 0 Å². The zero-order valence-electron chi connectivity index (χ0n) is 9.82. The summed E-state index contributed by atoms with van der Waals surface area (Å²) in [6, 6.07) is 0.210. The van der Waals surface area contributed by atoms with Crippen molar-refractivity contribution in [1.82, 2.24) is 14.9 Å². The molecule has 0 fully saturated rings. The Morgan fingerprint density at radius 3 is 2.67 bits per heavy atom. The van der Waals surface area contributed by atoms with Crippen molar-refractivity contribution in [3.8, 4) is 0 Å². The van der Waals surface area contributed by atoms with Crippen LogP contribution in [0.15, 0.2) is 12.4 Å². The number of hydrogen-bond donors (Lipinski definition) is 1. The van der Waals surface area contributed by atoms with Crippen LogP contribution in [0.25, 0.3) is 0 Å². The molecular weight excluding hydrogens is 190 g/mol. The van der Waals surface area contributed by atoms with Gasteiger partial charge in [0.15, 0.2) is 0 Å². The molecule has 1 rings (SSSR count). The summed E-state index contributed by atoms with van der Waals surface area (Å²) < 4.78 is 1.84. The van der Waals surface area contributed by atoms with Crippen molar-refractivity contribution in [2.75, 3.05) is 0 Å². The zero-order chi connectivity index (χ0) is 11.4. The molecule has 0 saturated carbocycles. The summed E-state index contributed by atoms with van der Waals surface area (Å²) in [5.74, 6) is 1.36. The minimum absolute atomic E-state index is 0.0392. The molecule has 0 aliphatic carbocycles. The number of nitrogens with one attached hydrogen (secondary N) is 1. The van der Waals surface area contributed by atoms with Crippen LogP contribution in [-0.4, -0.2) is 21.5 Å². The van der Waals surface area contributed by atoms with E-state index in [2.05, 4.69) is 24.1 Å². The van der Waals surface area contributed by atoms with Crippen molar-refractivity contribution < 1.29 is 4.79 Å². The summed E-state index contributed by atoms with van der Waals surface area (Å²) >= 11 is 0. The number of imidazole rings is 1. The molecule has 1 aromatic heterocycles. The van der Waals surface area contributed by atoms with E-state index >= 15 is 0 Å². The first kappa shape index (κ1) is 11.8. The molecule has 1 aromatic rings. The van der Waals surface area contributed by atoms with Crippen LogP contribution in [0, 0.1) is 12.8 Å². The van der Waals surface area contributed by atoms with Crippen LogP contribution in [0.1, 0.15) is 26.6 Å². The maximum atomic E-state index is 11.6. The second kappa shape index (κ2) is 4.96.